The third kappa shape index (κ3) is 4.41. The number of primary amides is 1. The van der Waals surface area contributed by atoms with E-state index in [9.17, 15) is 14.9 Å². The van der Waals surface area contributed by atoms with Crippen LogP contribution in [0.2, 0.25) is 0 Å². The monoisotopic (exact) mass is 401 g/mol. The van der Waals surface area contributed by atoms with Gasteiger partial charge in [0.2, 0.25) is 11.0 Å². The number of carbonyl (C=O) groups is 1. The van der Waals surface area contributed by atoms with E-state index in [1.807, 2.05) is 32.0 Å². The summed E-state index contributed by atoms with van der Waals surface area (Å²) < 4.78 is 0.538. The van der Waals surface area contributed by atoms with Crippen molar-refractivity contribution in [1.82, 2.24) is 10.2 Å². The van der Waals surface area contributed by atoms with E-state index in [0.29, 0.717) is 14.4 Å². The highest BCUT2D eigenvalue weighted by atomic mass is 32.2. The largest absolute Gasteiger partial charge is 0.366 e. The first-order valence-corrected chi connectivity index (χ1v) is 9.40. The fraction of sp³-hybridized carbons (Fsp3) is 0.118. The Bertz CT molecular complexity index is 1040. The van der Waals surface area contributed by atoms with Crippen LogP contribution >= 0.6 is 23.1 Å². The fourth-order valence-corrected chi connectivity index (χ4v) is 4.05. The number of hydrogen-bond acceptors (Lipinski definition) is 8. The molecule has 10 heteroatoms. The molecule has 0 radical (unpaired) electrons. The summed E-state index contributed by atoms with van der Waals surface area (Å²) in [7, 11) is 0. The molecule has 8 nitrogen and oxygen atoms in total. The van der Waals surface area contributed by atoms with Gasteiger partial charge in [-0.1, -0.05) is 17.4 Å². The minimum Gasteiger partial charge on any atom is -0.366 e. The number of nitro groups is 1. The third-order valence-corrected chi connectivity index (χ3v) is 5.76. The Morgan fingerprint density at radius 3 is 2.63 bits per heavy atom. The predicted octanol–water partition coefficient (Wildman–Crippen LogP) is 4.06. The molecular weight excluding hydrogens is 386 g/mol. The molecule has 1 heterocycles. The average molecular weight is 401 g/mol. The summed E-state index contributed by atoms with van der Waals surface area (Å²) in [5.74, 6) is -0.717. The van der Waals surface area contributed by atoms with Gasteiger partial charge in [-0.3, -0.25) is 14.9 Å². The van der Waals surface area contributed by atoms with Crippen molar-refractivity contribution in [3.8, 4) is 0 Å². The van der Waals surface area contributed by atoms with Gasteiger partial charge < -0.3 is 11.1 Å². The number of anilines is 2. The van der Waals surface area contributed by atoms with E-state index in [-0.39, 0.29) is 11.3 Å². The van der Waals surface area contributed by atoms with Crippen LogP contribution in [-0.2, 0) is 0 Å². The van der Waals surface area contributed by atoms with Crippen LogP contribution in [0.4, 0.5) is 16.5 Å². The maximum Gasteiger partial charge on any atom is 0.284 e. The molecule has 0 aliphatic carbocycles. The average Bonchev–Trinajstić information content (AvgIpc) is 3.05. The summed E-state index contributed by atoms with van der Waals surface area (Å²) in [4.78, 5) is 22.3. The number of rotatable bonds is 6. The summed E-state index contributed by atoms with van der Waals surface area (Å²) in [6.07, 6.45) is 0. The molecule has 3 aromatic rings. The number of amides is 1. The van der Waals surface area contributed by atoms with Gasteiger partial charge in [-0.15, -0.1) is 10.2 Å². The number of nitrogens with zero attached hydrogens (tertiary/aromatic N) is 3. The van der Waals surface area contributed by atoms with Gasteiger partial charge in [-0.2, -0.15) is 0 Å². The van der Waals surface area contributed by atoms with Gasteiger partial charge in [-0.25, -0.2) is 0 Å². The van der Waals surface area contributed by atoms with Crippen molar-refractivity contribution in [2.24, 2.45) is 5.73 Å². The normalized spacial score (nSPS) is 10.6. The molecule has 0 aliphatic rings. The van der Waals surface area contributed by atoms with Gasteiger partial charge in [0.1, 0.15) is 0 Å². The lowest BCUT2D eigenvalue weighted by molar-refractivity contribution is -0.387. The summed E-state index contributed by atoms with van der Waals surface area (Å²) in [6.45, 7) is 4.06. The maximum absolute atomic E-state index is 11.3. The Morgan fingerprint density at radius 1 is 1.19 bits per heavy atom. The zero-order valence-corrected chi connectivity index (χ0v) is 16.1. The van der Waals surface area contributed by atoms with Gasteiger partial charge in [0, 0.05) is 17.3 Å². The first kappa shape index (κ1) is 18.8. The second-order valence-electron chi connectivity index (χ2n) is 5.70. The van der Waals surface area contributed by atoms with E-state index in [0.717, 1.165) is 23.0 Å². The number of benzene rings is 2. The molecular formula is C17H15N5O3S2. The minimum atomic E-state index is -0.717. The summed E-state index contributed by atoms with van der Waals surface area (Å²) in [5, 5.41) is 23.2. The zero-order valence-electron chi connectivity index (χ0n) is 14.4. The van der Waals surface area contributed by atoms with Crippen molar-refractivity contribution in [3.63, 3.8) is 0 Å². The molecule has 0 unspecified atom stereocenters. The van der Waals surface area contributed by atoms with Gasteiger partial charge in [0.25, 0.3) is 5.69 Å². The topological polar surface area (TPSA) is 124 Å². The first-order valence-electron chi connectivity index (χ1n) is 7.77. The number of nitrogens with two attached hydrogens (primary N) is 1. The van der Waals surface area contributed by atoms with Gasteiger partial charge >= 0.3 is 0 Å². The van der Waals surface area contributed by atoms with Crippen LogP contribution in [0.15, 0.2) is 45.6 Å². The van der Waals surface area contributed by atoms with E-state index in [1.54, 1.807) is 0 Å². The van der Waals surface area contributed by atoms with Crippen molar-refractivity contribution >= 4 is 45.5 Å². The molecule has 0 fully saturated rings. The van der Waals surface area contributed by atoms with E-state index in [2.05, 4.69) is 15.5 Å². The highest BCUT2D eigenvalue weighted by Gasteiger charge is 2.19. The van der Waals surface area contributed by atoms with E-state index >= 15 is 0 Å². The van der Waals surface area contributed by atoms with Crippen molar-refractivity contribution in [2.75, 3.05) is 5.32 Å². The second kappa shape index (κ2) is 7.72. The number of aromatic nitrogens is 2. The van der Waals surface area contributed by atoms with Gasteiger partial charge in [0.15, 0.2) is 4.34 Å². The number of hydrogen-bond donors (Lipinski definition) is 2. The van der Waals surface area contributed by atoms with Crippen LogP contribution < -0.4 is 11.1 Å². The molecule has 0 saturated heterocycles. The molecule has 3 rings (SSSR count). The standard InChI is InChI=1S/C17H15N5O3S2/c1-9-3-5-12(7-10(9)2)19-16-20-21-17(27-16)26-14-6-4-11(15(18)23)8-13(14)22(24)25/h3-8H,1-2H3,(H2,18,23)(H,19,20). The lowest BCUT2D eigenvalue weighted by Crippen LogP contribution is -2.11. The molecule has 3 N–H and O–H groups in total. The van der Waals surface area contributed by atoms with Gasteiger partial charge in [0.05, 0.1) is 9.82 Å². The Balaban J connectivity index is 1.80. The molecule has 0 saturated carbocycles. The summed E-state index contributed by atoms with van der Waals surface area (Å²) >= 11 is 2.39. The highest BCUT2D eigenvalue weighted by Crippen LogP contribution is 2.38. The van der Waals surface area contributed by atoms with Crippen LogP contribution in [0.25, 0.3) is 0 Å². The molecule has 27 heavy (non-hydrogen) atoms. The van der Waals surface area contributed by atoms with Gasteiger partial charge in [-0.05, 0) is 61.0 Å². The van der Waals surface area contributed by atoms with Crippen LogP contribution in [0, 0.1) is 24.0 Å². The van der Waals surface area contributed by atoms with Crippen LogP contribution in [0.5, 0.6) is 0 Å². The summed E-state index contributed by atoms with van der Waals surface area (Å²) in [5.41, 5.74) is 8.31. The smallest absolute Gasteiger partial charge is 0.284 e. The summed E-state index contributed by atoms with van der Waals surface area (Å²) in [6, 6.07) is 10.1. The lowest BCUT2D eigenvalue weighted by Gasteiger charge is -2.05. The molecule has 0 atom stereocenters. The Labute approximate surface area is 163 Å². The molecule has 0 spiro atoms. The highest BCUT2D eigenvalue weighted by molar-refractivity contribution is 8.01. The number of carbonyl (C=O) groups excluding carboxylic acids is 1. The lowest BCUT2D eigenvalue weighted by atomic mass is 10.1. The SMILES string of the molecule is Cc1ccc(Nc2nnc(Sc3ccc(C(N)=O)cc3[N+](=O)[O-])s2)cc1C. The minimum absolute atomic E-state index is 0.0837. The van der Waals surface area contributed by atoms with E-state index < -0.39 is 10.8 Å². The third-order valence-electron chi connectivity index (χ3n) is 3.80. The first-order chi connectivity index (χ1) is 12.8. The molecule has 1 aromatic heterocycles. The Morgan fingerprint density at radius 2 is 1.96 bits per heavy atom. The zero-order chi connectivity index (χ0) is 19.6. The fourth-order valence-electron chi connectivity index (χ4n) is 2.24. The Hall–Kier alpha value is -2.98. The van der Waals surface area contributed by atoms with Crippen molar-refractivity contribution in [2.45, 2.75) is 23.1 Å². The predicted molar refractivity (Wildman–Crippen MR) is 105 cm³/mol. The number of aryl methyl sites for hydroxylation is 2. The van der Waals surface area contributed by atoms with Crippen LogP contribution in [0.1, 0.15) is 21.5 Å². The number of nitro benzene ring substituents is 1. The Kier molecular flexibility index (Phi) is 5.38. The van der Waals surface area contributed by atoms with Crippen molar-refractivity contribution in [3.05, 3.63) is 63.2 Å². The molecule has 0 aliphatic heterocycles. The quantitative estimate of drug-likeness (QED) is 0.471. The number of nitrogens with one attached hydrogen (secondary N) is 1. The molecule has 138 valence electrons. The van der Waals surface area contributed by atoms with Crippen LogP contribution in [-0.4, -0.2) is 21.0 Å². The second-order valence-corrected chi connectivity index (χ2v) is 7.97. The van der Waals surface area contributed by atoms with E-state index in [1.165, 1.54) is 35.1 Å². The maximum atomic E-state index is 11.3. The van der Waals surface area contributed by atoms with Crippen LogP contribution in [0.3, 0.4) is 0 Å². The van der Waals surface area contributed by atoms with E-state index in [4.69, 9.17) is 5.73 Å². The van der Waals surface area contributed by atoms with Crippen molar-refractivity contribution in [1.29, 1.82) is 0 Å². The molecule has 1 amide bonds. The molecule has 0 bridgehead atoms. The van der Waals surface area contributed by atoms with Crippen molar-refractivity contribution < 1.29 is 9.72 Å². The molecule has 2 aromatic carbocycles.